The fourth-order valence-electron chi connectivity index (χ4n) is 4.59. The number of amidine groups is 1. The van der Waals surface area contributed by atoms with Crippen molar-refractivity contribution in [2.75, 3.05) is 17.0 Å². The number of nitrogens with zero attached hydrogens (tertiary/aromatic N) is 3. The molecule has 2 aromatic carbocycles. The summed E-state index contributed by atoms with van der Waals surface area (Å²) in [6.45, 7) is 6.25. The molecular weight excluding hydrogens is 508 g/mol. The molecule has 1 atom stereocenters. The molecule has 1 aromatic heterocycles. The fraction of sp³-hybridized carbons (Fsp3) is 0.296. The Bertz CT molecular complexity index is 1510. The van der Waals surface area contributed by atoms with Gasteiger partial charge in [0.25, 0.3) is 10.0 Å². The number of ether oxygens (including phenoxy) is 1. The number of aromatic nitrogens is 1. The highest BCUT2D eigenvalue weighted by molar-refractivity contribution is 8.13. The molecule has 37 heavy (non-hydrogen) atoms. The number of fused-ring (bicyclic) bond motifs is 2. The average molecular weight is 537 g/mol. The Hall–Kier alpha value is -3.37. The van der Waals surface area contributed by atoms with E-state index in [4.69, 9.17) is 9.73 Å². The van der Waals surface area contributed by atoms with E-state index in [0.29, 0.717) is 22.5 Å². The van der Waals surface area contributed by atoms with Gasteiger partial charge in [0.2, 0.25) is 0 Å². The first-order chi connectivity index (χ1) is 17.7. The number of benzene rings is 2. The van der Waals surface area contributed by atoms with E-state index in [2.05, 4.69) is 14.6 Å². The number of rotatable bonds is 6. The number of hydrogen-bond acceptors (Lipinski definition) is 8. The van der Waals surface area contributed by atoms with Crippen LogP contribution in [0.5, 0.6) is 0 Å². The second kappa shape index (κ2) is 10.2. The third-order valence-corrected chi connectivity index (χ3v) is 8.67. The number of carbonyl (C=O) groups excluding carboxylic acids is 1. The number of anilines is 1. The molecule has 192 valence electrons. The van der Waals surface area contributed by atoms with E-state index in [1.165, 1.54) is 0 Å². The molecule has 3 aromatic rings. The molecule has 2 aliphatic rings. The minimum Gasteiger partial charge on any atom is -0.459 e. The van der Waals surface area contributed by atoms with Crippen LogP contribution in [0.3, 0.4) is 0 Å². The van der Waals surface area contributed by atoms with Crippen molar-refractivity contribution in [1.29, 1.82) is 0 Å². The Morgan fingerprint density at radius 1 is 1.14 bits per heavy atom. The molecule has 3 heterocycles. The van der Waals surface area contributed by atoms with E-state index >= 15 is 0 Å². The Kier molecular flexibility index (Phi) is 6.96. The van der Waals surface area contributed by atoms with Crippen LogP contribution in [-0.2, 0) is 19.6 Å². The van der Waals surface area contributed by atoms with Crippen molar-refractivity contribution in [2.45, 2.75) is 44.2 Å². The van der Waals surface area contributed by atoms with Gasteiger partial charge in [0, 0.05) is 29.6 Å². The number of carbonyl (C=O) groups is 1. The quantitative estimate of drug-likeness (QED) is 0.437. The maximum atomic E-state index is 13.2. The van der Waals surface area contributed by atoms with Gasteiger partial charge in [-0.05, 0) is 57.0 Å². The molecule has 0 amide bonds. The number of pyridine rings is 1. The maximum absolute atomic E-state index is 13.2. The molecule has 1 unspecified atom stereocenters. The maximum Gasteiger partial charge on any atom is 0.338 e. The van der Waals surface area contributed by atoms with Gasteiger partial charge in [0.05, 0.1) is 28.9 Å². The van der Waals surface area contributed by atoms with Crippen LogP contribution in [-0.4, -0.2) is 47.8 Å². The third kappa shape index (κ3) is 5.08. The summed E-state index contributed by atoms with van der Waals surface area (Å²) >= 11 is 1.68. The second-order valence-electron chi connectivity index (χ2n) is 9.20. The molecular formula is C27H28N4O4S2. The molecule has 1 N–H and O–H groups in total. The van der Waals surface area contributed by atoms with Gasteiger partial charge in [0.15, 0.2) is 5.17 Å². The first kappa shape index (κ1) is 25.3. The van der Waals surface area contributed by atoms with Crippen molar-refractivity contribution < 1.29 is 17.9 Å². The van der Waals surface area contributed by atoms with Gasteiger partial charge in [0.1, 0.15) is 4.90 Å². The Morgan fingerprint density at radius 2 is 1.89 bits per heavy atom. The summed E-state index contributed by atoms with van der Waals surface area (Å²) in [5.41, 5.74) is 2.85. The number of nitrogens with one attached hydrogen (secondary N) is 1. The van der Waals surface area contributed by atoms with Crippen molar-refractivity contribution in [3.05, 3.63) is 77.6 Å². The minimum atomic E-state index is -3.87. The monoisotopic (exact) mass is 536 g/mol. The van der Waals surface area contributed by atoms with Crippen molar-refractivity contribution in [1.82, 2.24) is 9.88 Å². The molecule has 0 saturated carbocycles. The molecule has 5 rings (SSSR count). The summed E-state index contributed by atoms with van der Waals surface area (Å²) in [7, 11) is -3.87. The van der Waals surface area contributed by atoms with Crippen molar-refractivity contribution in [3.8, 4) is 0 Å². The highest BCUT2D eigenvalue weighted by Gasteiger charge is 2.38. The minimum absolute atomic E-state index is 0.116. The highest BCUT2D eigenvalue weighted by atomic mass is 32.2. The molecule has 0 aliphatic carbocycles. The van der Waals surface area contributed by atoms with Crippen molar-refractivity contribution in [2.24, 2.45) is 4.99 Å². The molecule has 1 saturated heterocycles. The van der Waals surface area contributed by atoms with E-state index in [9.17, 15) is 13.2 Å². The smallest absolute Gasteiger partial charge is 0.338 e. The lowest BCUT2D eigenvalue weighted by molar-refractivity contribution is -0.143. The van der Waals surface area contributed by atoms with Crippen LogP contribution < -0.4 is 4.72 Å². The summed E-state index contributed by atoms with van der Waals surface area (Å²) in [5, 5.41) is 1.64. The van der Waals surface area contributed by atoms with Crippen LogP contribution >= 0.6 is 11.8 Å². The third-order valence-electron chi connectivity index (χ3n) is 6.18. The fourth-order valence-corrected chi connectivity index (χ4v) is 6.85. The lowest BCUT2D eigenvalue weighted by Crippen LogP contribution is -2.42. The highest BCUT2D eigenvalue weighted by Crippen LogP contribution is 2.40. The Morgan fingerprint density at radius 3 is 2.65 bits per heavy atom. The number of esters is 1. The topological polar surface area (TPSA) is 101 Å². The SMILES string of the molecule is CC1=C(C(=O)OC(C)C)C(c2ccc(NS(=O)(=O)c3cccc4cccnc34)cc2)N2CCCSC2=N1. The zero-order valence-electron chi connectivity index (χ0n) is 20.8. The molecule has 1 fully saturated rings. The number of aliphatic imine (C=N–C) groups is 1. The molecule has 0 radical (unpaired) electrons. The molecule has 0 bridgehead atoms. The standard InChI is InChI=1S/C27H28N4O4S2/c1-17(2)35-26(32)23-18(3)29-27-31(15-6-16-36-27)25(23)20-10-12-21(13-11-20)30-37(33,34)22-9-4-7-19-8-5-14-28-24(19)22/h4-5,7-14,17,25,30H,6,15-16H2,1-3H3. The van der Waals surface area contributed by atoms with E-state index in [-0.39, 0.29) is 23.0 Å². The van der Waals surface area contributed by atoms with Gasteiger partial charge in [-0.3, -0.25) is 9.71 Å². The van der Waals surface area contributed by atoms with Gasteiger partial charge in [-0.1, -0.05) is 42.1 Å². The largest absolute Gasteiger partial charge is 0.459 e. The summed E-state index contributed by atoms with van der Waals surface area (Å²) in [4.78, 5) is 24.3. The Labute approximate surface area is 220 Å². The first-order valence-electron chi connectivity index (χ1n) is 12.1. The van der Waals surface area contributed by atoms with Crippen LogP contribution in [0.15, 0.2) is 82.0 Å². The van der Waals surface area contributed by atoms with Crippen LogP contribution in [0.25, 0.3) is 10.9 Å². The normalized spacial score (nSPS) is 18.0. The molecule has 0 spiro atoms. The van der Waals surface area contributed by atoms with Gasteiger partial charge < -0.3 is 9.64 Å². The lowest BCUT2D eigenvalue weighted by Gasteiger charge is -2.40. The number of sulfonamides is 1. The van der Waals surface area contributed by atoms with Gasteiger partial charge in [-0.15, -0.1) is 0 Å². The van der Waals surface area contributed by atoms with Gasteiger partial charge >= 0.3 is 5.97 Å². The molecule has 10 heteroatoms. The lowest BCUT2D eigenvalue weighted by atomic mass is 9.94. The average Bonchev–Trinajstić information content (AvgIpc) is 2.87. The summed E-state index contributed by atoms with van der Waals surface area (Å²) < 4.78 is 34.7. The predicted molar refractivity (Wildman–Crippen MR) is 147 cm³/mol. The molecule has 8 nitrogen and oxygen atoms in total. The Balaban J connectivity index is 1.47. The van der Waals surface area contributed by atoms with Crippen molar-refractivity contribution >= 4 is 49.5 Å². The van der Waals surface area contributed by atoms with Crippen LogP contribution in [0.1, 0.15) is 38.8 Å². The number of hydrogen-bond donors (Lipinski definition) is 1. The zero-order valence-corrected chi connectivity index (χ0v) is 22.5. The number of thioether (sulfide) groups is 1. The number of para-hydroxylation sites is 1. The summed E-state index contributed by atoms with van der Waals surface area (Å²) in [5.74, 6) is 0.592. The van der Waals surface area contributed by atoms with Gasteiger partial charge in [-0.25, -0.2) is 18.2 Å². The predicted octanol–water partition coefficient (Wildman–Crippen LogP) is 5.11. The second-order valence-corrected chi connectivity index (χ2v) is 11.9. The first-order valence-corrected chi connectivity index (χ1v) is 14.6. The van der Waals surface area contributed by atoms with Crippen LogP contribution in [0.4, 0.5) is 5.69 Å². The summed E-state index contributed by atoms with van der Waals surface area (Å²) in [6.07, 6.45) is 2.30. The molecule has 2 aliphatic heterocycles. The van der Waals surface area contributed by atoms with E-state index in [0.717, 1.165) is 34.8 Å². The zero-order chi connectivity index (χ0) is 26.2. The summed E-state index contributed by atoms with van der Waals surface area (Å²) in [6, 6.07) is 15.4. The van der Waals surface area contributed by atoms with E-state index in [1.807, 2.05) is 45.0 Å². The van der Waals surface area contributed by atoms with E-state index in [1.54, 1.807) is 48.3 Å². The van der Waals surface area contributed by atoms with Crippen LogP contribution in [0, 0.1) is 0 Å². The number of allylic oxidation sites excluding steroid dienone is 1. The van der Waals surface area contributed by atoms with Crippen LogP contribution in [0.2, 0.25) is 0 Å². The van der Waals surface area contributed by atoms with Crippen molar-refractivity contribution in [3.63, 3.8) is 0 Å². The van der Waals surface area contributed by atoms with Gasteiger partial charge in [-0.2, -0.15) is 0 Å². The van der Waals surface area contributed by atoms with E-state index < -0.39 is 10.0 Å².